The number of nitrogens with zero attached hydrogens (tertiary/aromatic N) is 1. The number of ether oxygens (including phenoxy) is 1. The summed E-state index contributed by atoms with van der Waals surface area (Å²) in [7, 11) is 0. The molecule has 2 atom stereocenters. The highest BCUT2D eigenvalue weighted by molar-refractivity contribution is 6.46. The van der Waals surface area contributed by atoms with Crippen LogP contribution >= 0.6 is 0 Å². The average Bonchev–Trinajstić information content (AvgIpc) is 3.48. The summed E-state index contributed by atoms with van der Waals surface area (Å²) in [5.41, 5.74) is 2.35. The van der Waals surface area contributed by atoms with Crippen LogP contribution in [-0.4, -0.2) is 27.8 Å². The Hall–Kier alpha value is -3.80. The normalized spacial score (nSPS) is 21.9. The maximum atomic E-state index is 13.0. The number of hydrogen-bond acceptors (Lipinski definition) is 5. The number of amides is 1. The van der Waals surface area contributed by atoms with Gasteiger partial charge in [0.05, 0.1) is 11.8 Å². The Morgan fingerprint density at radius 3 is 2.65 bits per heavy atom. The number of aliphatic hydroxyl groups excluding tert-OH is 1. The fourth-order valence-corrected chi connectivity index (χ4v) is 4.29. The van der Waals surface area contributed by atoms with Gasteiger partial charge in [-0.3, -0.25) is 9.59 Å². The molecule has 0 radical (unpaired) electrons. The second-order valence-electron chi connectivity index (χ2n) is 7.88. The number of fused-ring (bicyclic) bond motifs is 1. The minimum Gasteiger partial charge on any atom is -0.507 e. The Balaban J connectivity index is 1.60. The minimum absolute atomic E-state index is 0.0304. The summed E-state index contributed by atoms with van der Waals surface area (Å²) in [5, 5.41) is 11.2. The molecule has 2 aliphatic heterocycles. The van der Waals surface area contributed by atoms with Crippen LogP contribution in [0.1, 0.15) is 35.4 Å². The van der Waals surface area contributed by atoms with Gasteiger partial charge in [-0.1, -0.05) is 30.3 Å². The van der Waals surface area contributed by atoms with Crippen LogP contribution in [-0.2, 0) is 22.6 Å². The number of likely N-dealkylation sites (tertiary alicyclic amines) is 1. The molecule has 1 N–H and O–H groups in total. The molecular weight excluding hydrogens is 394 g/mol. The fraction of sp³-hybridized carbons (Fsp3) is 0.200. The van der Waals surface area contributed by atoms with Crippen LogP contribution in [0, 0.1) is 0 Å². The third-order valence-corrected chi connectivity index (χ3v) is 5.72. The van der Waals surface area contributed by atoms with E-state index in [1.165, 1.54) is 11.2 Å². The van der Waals surface area contributed by atoms with Gasteiger partial charge in [-0.15, -0.1) is 0 Å². The Bertz CT molecular complexity index is 1180. The highest BCUT2D eigenvalue weighted by Gasteiger charge is 2.47. The Kier molecular flexibility index (Phi) is 4.62. The first-order valence-electron chi connectivity index (χ1n) is 10.2. The maximum absolute atomic E-state index is 13.0. The molecule has 31 heavy (non-hydrogen) atoms. The van der Waals surface area contributed by atoms with E-state index < -0.39 is 17.7 Å². The van der Waals surface area contributed by atoms with Gasteiger partial charge < -0.3 is 19.2 Å². The van der Waals surface area contributed by atoms with Crippen molar-refractivity contribution >= 4 is 17.4 Å². The quantitative estimate of drug-likeness (QED) is 0.392. The number of Topliss-reactive ketones (excluding diaryl/α,β-unsaturated/α-hetero) is 1. The molecule has 3 aromatic rings. The van der Waals surface area contributed by atoms with Crippen molar-refractivity contribution in [3.8, 4) is 5.75 Å². The molecule has 1 saturated heterocycles. The topological polar surface area (TPSA) is 80.0 Å². The highest BCUT2D eigenvalue weighted by Crippen LogP contribution is 2.41. The molecule has 0 bridgehead atoms. The zero-order valence-corrected chi connectivity index (χ0v) is 16.9. The van der Waals surface area contributed by atoms with Crippen LogP contribution in [0.15, 0.2) is 76.9 Å². The molecule has 6 nitrogen and oxygen atoms in total. The number of ketones is 1. The molecule has 1 fully saturated rings. The van der Waals surface area contributed by atoms with E-state index in [1.807, 2.05) is 43.3 Å². The van der Waals surface area contributed by atoms with Gasteiger partial charge in [0.15, 0.2) is 0 Å². The Labute approximate surface area is 179 Å². The first kappa shape index (κ1) is 19.2. The molecule has 2 aromatic carbocycles. The number of carbonyl (C=O) groups is 2. The SMILES string of the molecule is CC1Cc2cc(/C(O)=C3/C(=O)C(=O)N(Cc4ccccc4)C3c3ccco3)ccc2O1. The Morgan fingerprint density at radius 2 is 1.90 bits per heavy atom. The average molecular weight is 415 g/mol. The predicted molar refractivity (Wildman–Crippen MR) is 113 cm³/mol. The first-order valence-corrected chi connectivity index (χ1v) is 10.2. The maximum Gasteiger partial charge on any atom is 0.296 e. The van der Waals surface area contributed by atoms with E-state index in [1.54, 1.807) is 24.3 Å². The lowest BCUT2D eigenvalue weighted by atomic mass is 9.97. The predicted octanol–water partition coefficient (Wildman–Crippen LogP) is 4.22. The summed E-state index contributed by atoms with van der Waals surface area (Å²) in [6.45, 7) is 2.20. The number of carbonyl (C=O) groups excluding carboxylic acids is 2. The molecule has 5 rings (SSSR count). The smallest absolute Gasteiger partial charge is 0.296 e. The van der Waals surface area contributed by atoms with E-state index >= 15 is 0 Å². The van der Waals surface area contributed by atoms with Gasteiger partial charge in [-0.2, -0.15) is 0 Å². The molecule has 6 heteroatoms. The molecule has 3 heterocycles. The third kappa shape index (κ3) is 3.30. The number of aliphatic hydroxyl groups is 1. The largest absolute Gasteiger partial charge is 0.507 e. The van der Waals surface area contributed by atoms with E-state index in [0.29, 0.717) is 11.3 Å². The Morgan fingerprint density at radius 1 is 1.10 bits per heavy atom. The van der Waals surface area contributed by atoms with Crippen molar-refractivity contribution in [1.82, 2.24) is 4.90 Å². The van der Waals surface area contributed by atoms with Crippen molar-refractivity contribution in [1.29, 1.82) is 0 Å². The zero-order chi connectivity index (χ0) is 21.5. The number of furan rings is 1. The molecule has 2 aliphatic rings. The number of rotatable bonds is 4. The van der Waals surface area contributed by atoms with Gasteiger partial charge in [0, 0.05) is 18.5 Å². The molecule has 0 aliphatic carbocycles. The van der Waals surface area contributed by atoms with Crippen molar-refractivity contribution in [3.63, 3.8) is 0 Å². The second-order valence-corrected chi connectivity index (χ2v) is 7.88. The van der Waals surface area contributed by atoms with Gasteiger partial charge in [0.1, 0.15) is 29.4 Å². The summed E-state index contributed by atoms with van der Waals surface area (Å²) in [6, 6.07) is 17.3. The van der Waals surface area contributed by atoms with Crippen molar-refractivity contribution in [3.05, 3.63) is 95.0 Å². The molecule has 2 unspecified atom stereocenters. The van der Waals surface area contributed by atoms with E-state index in [4.69, 9.17) is 9.15 Å². The zero-order valence-electron chi connectivity index (χ0n) is 16.9. The van der Waals surface area contributed by atoms with Gasteiger partial charge in [0.2, 0.25) is 0 Å². The summed E-state index contributed by atoms with van der Waals surface area (Å²) < 4.78 is 11.3. The molecule has 0 saturated carbocycles. The van der Waals surface area contributed by atoms with Crippen molar-refractivity contribution < 1.29 is 23.8 Å². The van der Waals surface area contributed by atoms with E-state index in [0.717, 1.165) is 23.3 Å². The molecule has 156 valence electrons. The lowest BCUT2D eigenvalue weighted by Crippen LogP contribution is -2.29. The summed E-state index contributed by atoms with van der Waals surface area (Å²) in [5.74, 6) is -0.395. The van der Waals surface area contributed by atoms with Gasteiger partial charge in [-0.05, 0) is 48.4 Å². The summed E-state index contributed by atoms with van der Waals surface area (Å²) in [4.78, 5) is 27.4. The lowest BCUT2D eigenvalue weighted by molar-refractivity contribution is -0.140. The van der Waals surface area contributed by atoms with Crippen LogP contribution in [0.25, 0.3) is 5.76 Å². The van der Waals surface area contributed by atoms with E-state index in [2.05, 4.69) is 0 Å². The van der Waals surface area contributed by atoms with Crippen LogP contribution in [0.5, 0.6) is 5.75 Å². The third-order valence-electron chi connectivity index (χ3n) is 5.72. The van der Waals surface area contributed by atoms with Crippen LogP contribution in [0.4, 0.5) is 0 Å². The monoisotopic (exact) mass is 415 g/mol. The van der Waals surface area contributed by atoms with Crippen LogP contribution < -0.4 is 4.74 Å². The van der Waals surface area contributed by atoms with Gasteiger partial charge in [-0.25, -0.2) is 0 Å². The first-order chi connectivity index (χ1) is 15.0. The minimum atomic E-state index is -0.807. The van der Waals surface area contributed by atoms with Crippen molar-refractivity contribution in [2.24, 2.45) is 0 Å². The molecule has 1 amide bonds. The number of benzene rings is 2. The molecule has 0 spiro atoms. The second kappa shape index (κ2) is 7.47. The fourth-order valence-electron chi connectivity index (χ4n) is 4.29. The molecular formula is C25H21NO5. The number of hydrogen-bond donors (Lipinski definition) is 1. The van der Waals surface area contributed by atoms with E-state index in [-0.39, 0.29) is 24.0 Å². The van der Waals surface area contributed by atoms with Gasteiger partial charge in [0.25, 0.3) is 11.7 Å². The highest BCUT2D eigenvalue weighted by atomic mass is 16.5. The van der Waals surface area contributed by atoms with Crippen molar-refractivity contribution in [2.75, 3.05) is 0 Å². The van der Waals surface area contributed by atoms with Crippen LogP contribution in [0.3, 0.4) is 0 Å². The summed E-state index contributed by atoms with van der Waals surface area (Å²) in [6.07, 6.45) is 2.28. The molecule has 1 aromatic heterocycles. The van der Waals surface area contributed by atoms with Crippen LogP contribution in [0.2, 0.25) is 0 Å². The summed E-state index contributed by atoms with van der Waals surface area (Å²) >= 11 is 0. The standard InChI is InChI=1S/C25H21NO5/c1-15-12-18-13-17(9-10-19(18)31-15)23(27)21-22(20-8-5-11-30-20)26(25(29)24(21)28)14-16-6-3-2-4-7-16/h2-11,13,15,22,27H,12,14H2,1H3/b23-21-. The van der Waals surface area contributed by atoms with Crippen molar-refractivity contribution in [2.45, 2.75) is 32.0 Å². The lowest BCUT2D eigenvalue weighted by Gasteiger charge is -2.23. The van der Waals surface area contributed by atoms with Gasteiger partial charge >= 0.3 is 0 Å². The van der Waals surface area contributed by atoms with E-state index in [9.17, 15) is 14.7 Å².